The van der Waals surface area contributed by atoms with Crippen LogP contribution in [0, 0.1) is 18.8 Å². The Morgan fingerprint density at radius 2 is 2.11 bits per heavy atom. The fraction of sp³-hybridized carbons (Fsp3) is 0.381. The molecule has 1 unspecified atom stereocenters. The number of aliphatic hydroxyl groups is 1. The molecule has 1 atom stereocenters. The van der Waals surface area contributed by atoms with E-state index < -0.39 is 5.60 Å². The molecule has 1 fully saturated rings. The van der Waals surface area contributed by atoms with Crippen LogP contribution in [0.3, 0.4) is 0 Å². The quantitative estimate of drug-likeness (QED) is 0.716. The molecule has 1 aromatic carbocycles. The summed E-state index contributed by atoms with van der Waals surface area (Å²) in [6.45, 7) is 4.04. The lowest BCUT2D eigenvalue weighted by Crippen LogP contribution is -2.37. The van der Waals surface area contributed by atoms with Gasteiger partial charge < -0.3 is 20.6 Å². The first-order valence-electron chi connectivity index (χ1n) is 9.32. The van der Waals surface area contributed by atoms with Crippen LogP contribution < -0.4 is 10.6 Å². The lowest BCUT2D eigenvalue weighted by Gasteiger charge is -2.31. The van der Waals surface area contributed by atoms with Gasteiger partial charge in [-0.25, -0.2) is 9.97 Å². The first-order chi connectivity index (χ1) is 13.4. The maximum absolute atomic E-state index is 12.1. The molecule has 7 nitrogen and oxygen atoms in total. The number of fused-ring (bicyclic) bond motifs is 1. The number of likely N-dealkylation sites (tertiary alicyclic amines) is 1. The molecule has 0 aliphatic carbocycles. The minimum atomic E-state index is -1.59. The van der Waals surface area contributed by atoms with Gasteiger partial charge in [-0.1, -0.05) is 17.9 Å². The zero-order valence-electron chi connectivity index (χ0n) is 16.1. The lowest BCUT2D eigenvalue weighted by atomic mass is 10.0. The number of hydrogen-bond acceptors (Lipinski definition) is 6. The summed E-state index contributed by atoms with van der Waals surface area (Å²) < 4.78 is 0. The van der Waals surface area contributed by atoms with E-state index >= 15 is 0 Å². The maximum Gasteiger partial charge on any atom is 0.267 e. The molecule has 3 N–H and O–H groups in total. The number of nitrogen functional groups attached to an aromatic ring is 1. The van der Waals surface area contributed by atoms with E-state index in [1.807, 2.05) is 18.2 Å². The summed E-state index contributed by atoms with van der Waals surface area (Å²) in [4.78, 5) is 24.3. The van der Waals surface area contributed by atoms with Gasteiger partial charge in [0, 0.05) is 56.3 Å². The minimum Gasteiger partial charge on any atom is -0.383 e. The number of amides is 1. The van der Waals surface area contributed by atoms with Crippen LogP contribution in [0.25, 0.3) is 0 Å². The van der Waals surface area contributed by atoms with Gasteiger partial charge in [0.15, 0.2) is 0 Å². The highest BCUT2D eigenvalue weighted by Gasteiger charge is 2.42. The van der Waals surface area contributed by atoms with Crippen molar-refractivity contribution in [3.8, 4) is 11.8 Å². The highest BCUT2D eigenvalue weighted by atomic mass is 16.3. The van der Waals surface area contributed by atoms with Crippen molar-refractivity contribution < 1.29 is 9.90 Å². The number of anilines is 2. The van der Waals surface area contributed by atoms with Gasteiger partial charge in [-0.05, 0) is 24.6 Å². The van der Waals surface area contributed by atoms with Crippen molar-refractivity contribution in [3.63, 3.8) is 0 Å². The zero-order valence-corrected chi connectivity index (χ0v) is 16.1. The predicted molar refractivity (Wildman–Crippen MR) is 106 cm³/mol. The van der Waals surface area contributed by atoms with Crippen LogP contribution in [0.5, 0.6) is 0 Å². The summed E-state index contributed by atoms with van der Waals surface area (Å²) in [6, 6.07) is 5.92. The molecule has 2 aliphatic rings. The highest BCUT2D eigenvalue weighted by Crippen LogP contribution is 2.29. The molecule has 0 radical (unpaired) electrons. The fourth-order valence-electron chi connectivity index (χ4n) is 3.74. The topological polar surface area (TPSA) is 95.6 Å². The van der Waals surface area contributed by atoms with Crippen molar-refractivity contribution >= 4 is 17.4 Å². The Hall–Kier alpha value is -3.11. The van der Waals surface area contributed by atoms with Gasteiger partial charge in [-0.15, -0.1) is 0 Å². The van der Waals surface area contributed by atoms with Crippen molar-refractivity contribution in [3.05, 3.63) is 46.9 Å². The summed E-state index contributed by atoms with van der Waals surface area (Å²) in [6.07, 6.45) is 2.64. The second kappa shape index (κ2) is 6.80. The van der Waals surface area contributed by atoms with Gasteiger partial charge in [0.2, 0.25) is 5.60 Å². The van der Waals surface area contributed by atoms with E-state index in [1.54, 1.807) is 7.05 Å². The standard InChI is InChI=1S/C21H23N5O2/c1-14-3-4-15(5-7-21(28)8-10-25(2)20(21)27)11-18(14)26-9-6-17-16(12-26)19(22)24-13-23-17/h3-4,11,13,28H,6,8-10,12H2,1-2H3,(H2,22,23,24). The molecule has 3 heterocycles. The van der Waals surface area contributed by atoms with E-state index in [4.69, 9.17) is 5.73 Å². The summed E-state index contributed by atoms with van der Waals surface area (Å²) in [5.41, 5.74) is 9.37. The number of nitrogens with two attached hydrogens (primary N) is 1. The third kappa shape index (κ3) is 3.16. The van der Waals surface area contributed by atoms with E-state index in [0.717, 1.165) is 41.0 Å². The Labute approximate surface area is 164 Å². The third-order valence-electron chi connectivity index (χ3n) is 5.51. The van der Waals surface area contributed by atoms with Crippen molar-refractivity contribution in [2.75, 3.05) is 30.8 Å². The first-order valence-corrected chi connectivity index (χ1v) is 9.32. The zero-order chi connectivity index (χ0) is 19.9. The molecule has 2 aliphatic heterocycles. The van der Waals surface area contributed by atoms with E-state index in [0.29, 0.717) is 25.3 Å². The van der Waals surface area contributed by atoms with Crippen LogP contribution >= 0.6 is 0 Å². The molecule has 1 amide bonds. The van der Waals surface area contributed by atoms with Crippen LogP contribution in [0.2, 0.25) is 0 Å². The molecule has 7 heteroatoms. The Bertz CT molecular complexity index is 1010. The molecule has 28 heavy (non-hydrogen) atoms. The van der Waals surface area contributed by atoms with Gasteiger partial charge in [-0.3, -0.25) is 4.79 Å². The van der Waals surface area contributed by atoms with E-state index in [2.05, 4.69) is 33.6 Å². The number of aryl methyl sites for hydroxylation is 1. The molecule has 0 spiro atoms. The number of carbonyl (C=O) groups excluding carboxylic acids is 1. The van der Waals surface area contributed by atoms with Gasteiger partial charge >= 0.3 is 0 Å². The molecule has 1 saturated heterocycles. The van der Waals surface area contributed by atoms with Crippen LogP contribution in [0.4, 0.5) is 11.5 Å². The number of likely N-dealkylation sites (N-methyl/N-ethyl adjacent to an activating group) is 1. The van der Waals surface area contributed by atoms with Crippen molar-refractivity contribution in [1.82, 2.24) is 14.9 Å². The molecular formula is C21H23N5O2. The van der Waals surface area contributed by atoms with Crippen molar-refractivity contribution in [1.29, 1.82) is 0 Å². The monoisotopic (exact) mass is 377 g/mol. The summed E-state index contributed by atoms with van der Waals surface area (Å²) >= 11 is 0. The molecule has 4 rings (SSSR count). The Morgan fingerprint density at radius 1 is 1.29 bits per heavy atom. The van der Waals surface area contributed by atoms with Gasteiger partial charge in [0.05, 0.1) is 5.69 Å². The Morgan fingerprint density at radius 3 is 2.86 bits per heavy atom. The Kier molecular flexibility index (Phi) is 4.44. The number of rotatable bonds is 1. The summed E-state index contributed by atoms with van der Waals surface area (Å²) in [5.74, 6) is 5.96. The van der Waals surface area contributed by atoms with E-state index in [-0.39, 0.29) is 5.91 Å². The number of benzene rings is 1. The lowest BCUT2D eigenvalue weighted by molar-refractivity contribution is -0.137. The third-order valence-corrected chi connectivity index (χ3v) is 5.51. The molecular weight excluding hydrogens is 354 g/mol. The van der Waals surface area contributed by atoms with Gasteiger partial charge in [0.1, 0.15) is 12.1 Å². The van der Waals surface area contributed by atoms with Crippen molar-refractivity contribution in [2.45, 2.75) is 31.9 Å². The smallest absolute Gasteiger partial charge is 0.267 e. The second-order valence-corrected chi connectivity index (χ2v) is 7.44. The van der Waals surface area contributed by atoms with Crippen LogP contribution in [-0.2, 0) is 17.8 Å². The average molecular weight is 377 g/mol. The second-order valence-electron chi connectivity index (χ2n) is 7.44. The maximum atomic E-state index is 12.1. The normalized spacial score (nSPS) is 21.3. The molecule has 144 valence electrons. The largest absolute Gasteiger partial charge is 0.383 e. The molecule has 1 aromatic heterocycles. The first kappa shape index (κ1) is 18.3. The minimum absolute atomic E-state index is 0.330. The average Bonchev–Trinajstić information content (AvgIpc) is 2.95. The van der Waals surface area contributed by atoms with E-state index in [1.165, 1.54) is 11.2 Å². The number of hydrogen-bond donors (Lipinski definition) is 2. The van der Waals surface area contributed by atoms with Crippen LogP contribution in [0.15, 0.2) is 24.5 Å². The van der Waals surface area contributed by atoms with Crippen LogP contribution in [-0.4, -0.2) is 51.6 Å². The van der Waals surface area contributed by atoms with E-state index in [9.17, 15) is 9.90 Å². The molecule has 2 aromatic rings. The summed E-state index contributed by atoms with van der Waals surface area (Å²) in [5, 5.41) is 10.5. The molecule has 0 bridgehead atoms. The van der Waals surface area contributed by atoms with Crippen LogP contribution in [0.1, 0.15) is 28.8 Å². The van der Waals surface area contributed by atoms with Gasteiger partial charge in [0.25, 0.3) is 5.91 Å². The number of nitrogens with zero attached hydrogens (tertiary/aromatic N) is 4. The van der Waals surface area contributed by atoms with Crippen molar-refractivity contribution in [2.24, 2.45) is 0 Å². The highest BCUT2D eigenvalue weighted by molar-refractivity contribution is 5.90. The molecule has 0 saturated carbocycles. The number of aromatic nitrogens is 2. The summed E-state index contributed by atoms with van der Waals surface area (Å²) in [7, 11) is 1.68. The SMILES string of the molecule is Cc1ccc(C#CC2(O)CCN(C)C2=O)cc1N1CCc2ncnc(N)c2C1. The van der Waals surface area contributed by atoms with Gasteiger partial charge in [-0.2, -0.15) is 0 Å². The Balaban J connectivity index is 1.62. The number of carbonyl (C=O) groups is 1. The fourth-order valence-corrected chi connectivity index (χ4v) is 3.74. The predicted octanol–water partition coefficient (Wildman–Crippen LogP) is 0.875.